The van der Waals surface area contributed by atoms with E-state index < -0.39 is 29.1 Å². The van der Waals surface area contributed by atoms with E-state index in [0.29, 0.717) is 12.1 Å². The molecular weight excluding hydrogens is 228 g/mol. The summed E-state index contributed by atoms with van der Waals surface area (Å²) < 4.78 is 50.0. The van der Waals surface area contributed by atoms with Crippen molar-refractivity contribution in [3.8, 4) is 0 Å². The second-order valence-electron chi connectivity index (χ2n) is 2.88. The van der Waals surface area contributed by atoms with Crippen molar-refractivity contribution >= 4 is 12.0 Å². The molecule has 1 aromatic rings. The van der Waals surface area contributed by atoms with E-state index in [9.17, 15) is 22.4 Å². The van der Waals surface area contributed by atoms with Gasteiger partial charge in [-0.25, -0.2) is 9.18 Å². The van der Waals surface area contributed by atoms with Crippen LogP contribution in [0.25, 0.3) is 6.08 Å². The number of aliphatic carboxylic acids is 1. The number of carboxylic acids is 1. The van der Waals surface area contributed by atoms with Crippen LogP contribution in [-0.4, -0.2) is 11.1 Å². The van der Waals surface area contributed by atoms with Crippen LogP contribution in [0.4, 0.5) is 17.6 Å². The smallest absolute Gasteiger partial charge is 0.419 e. The Hall–Kier alpha value is -1.85. The van der Waals surface area contributed by atoms with Crippen LogP contribution in [0.2, 0.25) is 0 Å². The van der Waals surface area contributed by atoms with Gasteiger partial charge < -0.3 is 5.11 Å². The summed E-state index contributed by atoms with van der Waals surface area (Å²) in [6.07, 6.45) is -3.46. The van der Waals surface area contributed by atoms with Crippen molar-refractivity contribution in [3.63, 3.8) is 0 Å². The van der Waals surface area contributed by atoms with Gasteiger partial charge in [-0.3, -0.25) is 0 Å². The van der Waals surface area contributed by atoms with Gasteiger partial charge in [0.15, 0.2) is 0 Å². The van der Waals surface area contributed by atoms with Gasteiger partial charge in [0.05, 0.1) is 5.56 Å². The predicted molar refractivity (Wildman–Crippen MR) is 48.1 cm³/mol. The molecule has 1 aromatic carbocycles. The lowest BCUT2D eigenvalue weighted by molar-refractivity contribution is -0.140. The summed E-state index contributed by atoms with van der Waals surface area (Å²) in [5.41, 5.74) is -1.84. The van der Waals surface area contributed by atoms with Gasteiger partial charge in [-0.05, 0) is 12.1 Å². The highest BCUT2D eigenvalue weighted by Gasteiger charge is 2.34. The van der Waals surface area contributed by atoms with Gasteiger partial charge in [0.25, 0.3) is 0 Å². The molecule has 0 bridgehead atoms. The average Bonchev–Trinajstić information content (AvgIpc) is 2.14. The molecule has 0 aliphatic heterocycles. The maximum Gasteiger partial charge on any atom is 0.419 e. The number of hydrogen-bond acceptors (Lipinski definition) is 1. The number of benzene rings is 1. The van der Waals surface area contributed by atoms with Crippen LogP contribution in [0.1, 0.15) is 11.1 Å². The highest BCUT2D eigenvalue weighted by atomic mass is 19.4. The highest BCUT2D eigenvalue weighted by Crippen LogP contribution is 2.32. The van der Waals surface area contributed by atoms with E-state index in [0.717, 1.165) is 18.2 Å². The Morgan fingerprint density at radius 2 is 1.94 bits per heavy atom. The maximum absolute atomic E-state index is 13.3. The number of rotatable bonds is 2. The summed E-state index contributed by atoms with van der Waals surface area (Å²) in [6.45, 7) is 0. The van der Waals surface area contributed by atoms with Crippen molar-refractivity contribution in [1.82, 2.24) is 0 Å². The molecule has 1 rings (SSSR count). The average molecular weight is 234 g/mol. The summed E-state index contributed by atoms with van der Waals surface area (Å²) in [7, 11) is 0. The molecule has 1 N–H and O–H groups in total. The van der Waals surface area contributed by atoms with Crippen LogP contribution in [0.3, 0.4) is 0 Å². The Bertz CT molecular complexity index is 435. The van der Waals surface area contributed by atoms with E-state index in [-0.39, 0.29) is 0 Å². The normalized spacial score (nSPS) is 12.0. The molecular formula is C10H6F4O2. The minimum absolute atomic E-state index is 0.419. The van der Waals surface area contributed by atoms with E-state index in [2.05, 4.69) is 0 Å². The third-order valence-corrected chi connectivity index (χ3v) is 1.74. The molecule has 0 heterocycles. The zero-order valence-corrected chi connectivity index (χ0v) is 7.75. The second-order valence-corrected chi connectivity index (χ2v) is 2.88. The fraction of sp³-hybridized carbons (Fsp3) is 0.100. The van der Waals surface area contributed by atoms with E-state index in [1.54, 1.807) is 0 Å². The van der Waals surface area contributed by atoms with Gasteiger partial charge >= 0.3 is 12.1 Å². The lowest BCUT2D eigenvalue weighted by Crippen LogP contribution is -2.08. The number of carbonyl (C=O) groups is 1. The van der Waals surface area contributed by atoms with E-state index in [1.807, 2.05) is 0 Å². The monoisotopic (exact) mass is 234 g/mol. The molecule has 0 radical (unpaired) electrons. The van der Waals surface area contributed by atoms with Crippen LogP contribution in [0.5, 0.6) is 0 Å². The molecule has 0 atom stereocenters. The van der Waals surface area contributed by atoms with E-state index in [1.165, 1.54) is 0 Å². The van der Waals surface area contributed by atoms with Crippen LogP contribution < -0.4 is 0 Å². The highest BCUT2D eigenvalue weighted by molar-refractivity contribution is 5.85. The van der Waals surface area contributed by atoms with Crippen molar-refractivity contribution in [2.24, 2.45) is 0 Å². The minimum atomic E-state index is -4.79. The lowest BCUT2D eigenvalue weighted by Gasteiger charge is -2.08. The quantitative estimate of drug-likeness (QED) is 0.631. The Kier molecular flexibility index (Phi) is 3.31. The first-order valence-corrected chi connectivity index (χ1v) is 4.09. The molecule has 0 spiro atoms. The number of hydrogen-bond donors (Lipinski definition) is 1. The standard InChI is InChI=1S/C10H6F4O2/c11-9-6(4-5-8(15)16)2-1-3-7(9)10(12,13)14/h1-5H,(H,15,16). The van der Waals surface area contributed by atoms with Gasteiger partial charge in [-0.1, -0.05) is 12.1 Å². The maximum atomic E-state index is 13.3. The lowest BCUT2D eigenvalue weighted by atomic mass is 10.1. The van der Waals surface area contributed by atoms with Crippen LogP contribution in [0.15, 0.2) is 24.3 Å². The summed E-state index contributed by atoms with van der Waals surface area (Å²) in [6, 6.07) is 2.66. The molecule has 0 aliphatic rings. The van der Waals surface area contributed by atoms with E-state index >= 15 is 0 Å². The predicted octanol–water partition coefficient (Wildman–Crippen LogP) is 2.94. The Morgan fingerprint density at radius 3 is 2.44 bits per heavy atom. The summed E-state index contributed by atoms with van der Waals surface area (Å²) in [5.74, 6) is -2.84. The van der Waals surface area contributed by atoms with Gasteiger partial charge in [-0.15, -0.1) is 0 Å². The number of alkyl halides is 3. The zero-order valence-electron chi connectivity index (χ0n) is 7.75. The number of carboxylic acid groups (broad SMARTS) is 1. The molecule has 0 fully saturated rings. The second kappa shape index (κ2) is 4.34. The Morgan fingerprint density at radius 1 is 1.31 bits per heavy atom. The van der Waals surface area contributed by atoms with Crippen molar-refractivity contribution in [2.45, 2.75) is 6.18 Å². The van der Waals surface area contributed by atoms with Gasteiger partial charge in [0.2, 0.25) is 0 Å². The fourth-order valence-corrected chi connectivity index (χ4v) is 1.06. The number of halogens is 4. The molecule has 0 aromatic heterocycles. The van der Waals surface area contributed by atoms with Crippen molar-refractivity contribution in [3.05, 3.63) is 41.2 Å². The first-order chi connectivity index (χ1) is 7.32. The first kappa shape index (κ1) is 12.2. The molecule has 6 heteroatoms. The topological polar surface area (TPSA) is 37.3 Å². The Balaban J connectivity index is 3.19. The summed E-state index contributed by atoms with van der Waals surface area (Å²) in [4.78, 5) is 10.1. The molecule has 0 unspecified atom stereocenters. The molecule has 2 nitrogen and oxygen atoms in total. The Labute approximate surface area is 87.8 Å². The van der Waals surface area contributed by atoms with Crippen molar-refractivity contribution in [1.29, 1.82) is 0 Å². The first-order valence-electron chi connectivity index (χ1n) is 4.09. The van der Waals surface area contributed by atoms with Gasteiger partial charge in [0.1, 0.15) is 5.82 Å². The van der Waals surface area contributed by atoms with Crippen LogP contribution in [0, 0.1) is 5.82 Å². The van der Waals surface area contributed by atoms with Crippen LogP contribution >= 0.6 is 0 Å². The molecule has 0 saturated carbocycles. The molecule has 0 saturated heterocycles. The third kappa shape index (κ3) is 2.82. The molecule has 16 heavy (non-hydrogen) atoms. The fourth-order valence-electron chi connectivity index (χ4n) is 1.06. The van der Waals surface area contributed by atoms with E-state index in [4.69, 9.17) is 5.11 Å². The van der Waals surface area contributed by atoms with Gasteiger partial charge in [0, 0.05) is 11.6 Å². The SMILES string of the molecule is O=C(O)C=Cc1cccc(C(F)(F)F)c1F. The zero-order chi connectivity index (χ0) is 12.3. The van der Waals surface area contributed by atoms with Crippen LogP contribution in [-0.2, 0) is 11.0 Å². The van der Waals surface area contributed by atoms with Gasteiger partial charge in [-0.2, -0.15) is 13.2 Å². The van der Waals surface area contributed by atoms with Crippen molar-refractivity contribution in [2.75, 3.05) is 0 Å². The summed E-state index contributed by atoms with van der Waals surface area (Å²) in [5, 5.41) is 8.26. The largest absolute Gasteiger partial charge is 0.478 e. The summed E-state index contributed by atoms with van der Waals surface area (Å²) >= 11 is 0. The third-order valence-electron chi connectivity index (χ3n) is 1.74. The molecule has 86 valence electrons. The minimum Gasteiger partial charge on any atom is -0.478 e. The van der Waals surface area contributed by atoms with Crippen molar-refractivity contribution < 1.29 is 27.5 Å². The molecule has 0 aliphatic carbocycles. The molecule has 0 amide bonds.